The number of aliphatic hydroxyl groups is 1. The van der Waals surface area contributed by atoms with Crippen molar-refractivity contribution in [2.75, 3.05) is 119 Å². The molecule has 2 unspecified atom stereocenters. The van der Waals surface area contributed by atoms with E-state index >= 15 is 4.39 Å². The summed E-state index contributed by atoms with van der Waals surface area (Å²) in [5, 5.41) is 16.1. The summed E-state index contributed by atoms with van der Waals surface area (Å²) in [7, 11) is -11.0. The van der Waals surface area contributed by atoms with Crippen LogP contribution in [0.4, 0.5) is 34.6 Å². The van der Waals surface area contributed by atoms with Crippen LogP contribution in [0.5, 0.6) is 0 Å². The number of nitrogens with zero attached hydrogens (tertiary/aromatic N) is 6. The maximum Gasteiger partial charge on any atom is 0.501 e. The molecule has 5 fully saturated rings. The Morgan fingerprint density at radius 1 is 0.809 bits per heavy atom. The highest BCUT2D eigenvalue weighted by molar-refractivity contribution is 7.99. The van der Waals surface area contributed by atoms with E-state index in [1.54, 1.807) is 18.2 Å². The smallest absolute Gasteiger partial charge is 0.380 e. The fourth-order valence-corrected chi connectivity index (χ4v) is 17.7. The first-order chi connectivity index (χ1) is 45.1. The number of carbonyl (C=O) groups is 3. The number of allylic oxidation sites excluding steroid dienone is 1. The van der Waals surface area contributed by atoms with Crippen LogP contribution in [0.25, 0.3) is 5.57 Å². The predicted octanol–water partition coefficient (Wildman–Crippen LogP) is 9.50. The summed E-state index contributed by atoms with van der Waals surface area (Å²) in [6.45, 7) is 11.3. The second-order valence-corrected chi connectivity index (χ2v) is 31.2. The van der Waals surface area contributed by atoms with Crippen LogP contribution in [0, 0.1) is 17.2 Å². The molecule has 3 amide bonds. The standard InChI is InChI=1S/C68H80ClF4N9O9S3/c69-51-11-7-47(8-12-51)56-19-22-67(23-28-78(29-24-67)41-46-20-27-81(42-46)61-37-49-44-82(66(86)57(49)39-58(61)70)60-17-18-63(83)75-65(60)85)40-50(56)43-79-30-32-80(33-31-79)53-13-9-48(10-14-53)64(84)76-94(89,90)55-15-16-59(62(38-55)93(87,88)68(71,72)73)74-52(45-92-54-5-2-1-3-6-54)21-26-77-25-4-35-91-36-34-77/h1-3,5-16,37-39,46,52,60,63,74,83H,4,17-36,40-45H2,(H,75,85)(H,76,84)/t46-,52-,60?,63?/m1/s1. The molecule has 6 heterocycles. The SMILES string of the molecule is O=C(NS(=O)(=O)c1ccc(N[C@H](CCN2CCCOCC2)CSc2ccccc2)c(S(=O)(=O)C(F)(F)F)c1)c1ccc(N2CCN(CC3=C(c4ccc(Cl)cc4)CCC4(CCN(C[C@H]5CCN(c6cc7c(cc6F)C(=O)N(C6CCC(O)NC6=O)C7)C5)CC4)C3)CC2)cc1. The molecule has 18 nitrogen and oxygen atoms in total. The number of amides is 3. The zero-order chi connectivity index (χ0) is 65.9. The van der Waals surface area contributed by atoms with Gasteiger partial charge in [0, 0.05) is 124 Å². The summed E-state index contributed by atoms with van der Waals surface area (Å²) >= 11 is 7.83. The Morgan fingerprint density at radius 2 is 1.56 bits per heavy atom. The molecule has 0 radical (unpaired) electrons. The van der Waals surface area contributed by atoms with Crippen LogP contribution < -0.4 is 25.2 Å². The van der Waals surface area contributed by atoms with Crippen molar-refractivity contribution in [2.24, 2.45) is 11.3 Å². The number of fused-ring (bicyclic) bond motifs is 1. The lowest BCUT2D eigenvalue weighted by atomic mass is 9.65. The fraction of sp³-hybridized carbons (Fsp3) is 0.485. The first kappa shape index (κ1) is 67.7. The monoisotopic (exact) mass is 1370 g/mol. The summed E-state index contributed by atoms with van der Waals surface area (Å²) in [6.07, 6.45) is 7.08. The summed E-state index contributed by atoms with van der Waals surface area (Å²) in [5.74, 6) is -1.55. The number of ether oxygens (including phenoxy) is 1. The average Bonchev–Trinajstić information content (AvgIpc) is 1.43. The van der Waals surface area contributed by atoms with Crippen LogP contribution in [0.2, 0.25) is 5.02 Å². The van der Waals surface area contributed by atoms with E-state index in [4.69, 9.17) is 16.3 Å². The third-order valence-electron chi connectivity index (χ3n) is 19.9. The molecule has 12 rings (SSSR count). The number of hydrogen-bond acceptors (Lipinski definition) is 16. The van der Waals surface area contributed by atoms with E-state index in [9.17, 15) is 49.5 Å². The van der Waals surface area contributed by atoms with Gasteiger partial charge in [0.1, 0.15) is 23.0 Å². The number of anilines is 3. The number of rotatable bonds is 20. The highest BCUT2D eigenvalue weighted by Gasteiger charge is 2.49. The quantitative estimate of drug-likeness (QED) is 0.0423. The second-order valence-electron chi connectivity index (χ2n) is 26.1. The van der Waals surface area contributed by atoms with Gasteiger partial charge in [0.15, 0.2) is 0 Å². The maximum atomic E-state index is 15.8. The van der Waals surface area contributed by atoms with Crippen LogP contribution in [0.1, 0.15) is 96.1 Å². The number of piperazine rings is 1. The molecule has 5 saturated heterocycles. The Hall–Kier alpha value is -6.29. The van der Waals surface area contributed by atoms with Crippen molar-refractivity contribution in [3.8, 4) is 0 Å². The minimum atomic E-state index is -6.10. The van der Waals surface area contributed by atoms with E-state index in [1.807, 2.05) is 47.2 Å². The summed E-state index contributed by atoms with van der Waals surface area (Å²) in [4.78, 5) is 51.5. The molecule has 504 valence electrons. The molecule has 6 aliphatic heterocycles. The summed E-state index contributed by atoms with van der Waals surface area (Å²) in [6, 6.07) is 28.2. The number of thioether (sulfide) groups is 1. The number of piperidine rings is 2. The minimum Gasteiger partial charge on any atom is -0.380 e. The van der Waals surface area contributed by atoms with Gasteiger partial charge in [-0.05, 0) is 184 Å². The van der Waals surface area contributed by atoms with Crippen molar-refractivity contribution < 1.29 is 58.6 Å². The number of hydrogen-bond donors (Lipinski definition) is 4. The third kappa shape index (κ3) is 15.6. The first-order valence-electron chi connectivity index (χ1n) is 32.5. The molecule has 26 heteroatoms. The summed E-state index contributed by atoms with van der Waals surface area (Å²) < 4.78 is 121. The Labute approximate surface area is 556 Å². The maximum absolute atomic E-state index is 15.8. The molecular formula is C68H80ClF4N9O9S3. The van der Waals surface area contributed by atoms with Gasteiger partial charge in [0.2, 0.25) is 5.91 Å². The van der Waals surface area contributed by atoms with Crippen LogP contribution in [-0.2, 0) is 35.9 Å². The molecule has 5 aromatic rings. The van der Waals surface area contributed by atoms with E-state index in [-0.39, 0.29) is 29.0 Å². The van der Waals surface area contributed by atoms with Crippen LogP contribution in [0.15, 0.2) is 129 Å². The molecule has 1 spiro atoms. The number of alkyl halides is 3. The number of halogens is 5. The van der Waals surface area contributed by atoms with Crippen molar-refractivity contribution in [3.05, 3.63) is 148 Å². The molecule has 1 aliphatic carbocycles. The minimum absolute atomic E-state index is 0.0282. The zero-order valence-corrected chi connectivity index (χ0v) is 55.5. The number of benzene rings is 5. The molecule has 7 aliphatic rings. The van der Waals surface area contributed by atoms with Gasteiger partial charge in [-0.25, -0.2) is 25.9 Å². The molecule has 0 aromatic heterocycles. The van der Waals surface area contributed by atoms with Crippen molar-refractivity contribution in [1.82, 2.24) is 29.6 Å². The van der Waals surface area contributed by atoms with E-state index in [0.29, 0.717) is 106 Å². The van der Waals surface area contributed by atoms with Crippen LogP contribution in [0.3, 0.4) is 0 Å². The fourth-order valence-electron chi connectivity index (χ4n) is 14.6. The number of nitrogens with one attached hydrogen (secondary N) is 3. The molecule has 0 saturated carbocycles. The molecule has 5 aromatic carbocycles. The van der Waals surface area contributed by atoms with E-state index in [0.717, 1.165) is 113 Å². The number of sulfonamides is 1. The number of likely N-dealkylation sites (tertiary alicyclic amines) is 1. The van der Waals surface area contributed by atoms with Gasteiger partial charge in [-0.2, -0.15) is 13.2 Å². The van der Waals surface area contributed by atoms with Gasteiger partial charge < -0.3 is 45.0 Å². The van der Waals surface area contributed by atoms with Crippen molar-refractivity contribution in [2.45, 2.75) is 109 Å². The molecule has 0 bridgehead atoms. The number of sulfone groups is 1. The Morgan fingerprint density at radius 3 is 2.30 bits per heavy atom. The van der Waals surface area contributed by atoms with E-state index < -0.39 is 76.8 Å². The first-order valence-corrected chi connectivity index (χ1v) is 36.8. The van der Waals surface area contributed by atoms with Gasteiger partial charge in [-0.1, -0.05) is 47.5 Å². The Bertz CT molecular complexity index is 3830. The normalized spacial score (nSPS) is 22.3. The van der Waals surface area contributed by atoms with Crippen molar-refractivity contribution in [3.63, 3.8) is 0 Å². The topological polar surface area (TPSA) is 204 Å². The molecule has 94 heavy (non-hydrogen) atoms. The average molecular weight is 1380 g/mol. The predicted molar refractivity (Wildman–Crippen MR) is 355 cm³/mol. The molecule has 4 N–H and O–H groups in total. The number of carbonyl (C=O) groups excluding carboxylic acids is 3. The number of aliphatic hydroxyl groups excluding tert-OH is 1. The van der Waals surface area contributed by atoms with Gasteiger partial charge in [0.25, 0.3) is 31.7 Å². The van der Waals surface area contributed by atoms with E-state index in [2.05, 4.69) is 47.3 Å². The Balaban J connectivity index is 0.650. The second kappa shape index (κ2) is 28.8. The van der Waals surface area contributed by atoms with Gasteiger partial charge in [0.05, 0.1) is 22.9 Å². The molecule has 4 atom stereocenters. The Kier molecular flexibility index (Phi) is 20.7. The van der Waals surface area contributed by atoms with Crippen LogP contribution >= 0.6 is 23.4 Å². The van der Waals surface area contributed by atoms with Crippen molar-refractivity contribution >= 4 is 83.6 Å². The van der Waals surface area contributed by atoms with Crippen molar-refractivity contribution in [1.29, 1.82) is 0 Å². The lowest BCUT2D eigenvalue weighted by Crippen LogP contribution is -2.54. The highest BCUT2D eigenvalue weighted by Crippen LogP contribution is 2.50. The lowest BCUT2D eigenvalue weighted by Gasteiger charge is -2.47. The third-order valence-corrected chi connectivity index (χ3v) is 24.2. The zero-order valence-electron chi connectivity index (χ0n) is 52.3. The highest BCUT2D eigenvalue weighted by atomic mass is 35.5. The largest absolute Gasteiger partial charge is 0.501 e. The van der Waals surface area contributed by atoms with E-state index in [1.165, 1.54) is 51.6 Å². The van der Waals surface area contributed by atoms with Gasteiger partial charge in [-0.15, -0.1) is 11.8 Å². The van der Waals surface area contributed by atoms with Crippen LogP contribution in [-0.4, -0.2) is 187 Å². The lowest BCUT2D eigenvalue weighted by molar-refractivity contribution is -0.132. The summed E-state index contributed by atoms with van der Waals surface area (Å²) in [5.41, 5.74) is 0.231. The molecular weight excluding hydrogens is 1290 g/mol. The van der Waals surface area contributed by atoms with Gasteiger partial charge >= 0.3 is 5.51 Å². The van der Waals surface area contributed by atoms with Gasteiger partial charge in [-0.3, -0.25) is 19.3 Å².